The molecule has 2 aromatic carbocycles. The highest BCUT2D eigenvalue weighted by atomic mass is 32.2. The van der Waals surface area contributed by atoms with E-state index in [1.54, 1.807) is 11.8 Å². The number of Topliss-reactive ketones (excluding diaryl/α,β-unsaturated/α-hetero) is 1. The van der Waals surface area contributed by atoms with Crippen molar-refractivity contribution in [2.24, 2.45) is 4.99 Å². The Labute approximate surface area is 214 Å². The zero-order chi connectivity index (χ0) is 24.2. The number of aliphatic imine (C=N–C) groups is 1. The number of hydrogen-bond acceptors (Lipinski definition) is 8. The van der Waals surface area contributed by atoms with Gasteiger partial charge in [-0.05, 0) is 66.8 Å². The molecule has 0 aliphatic carbocycles. The van der Waals surface area contributed by atoms with Crippen molar-refractivity contribution >= 4 is 46.8 Å². The minimum absolute atomic E-state index is 0.135. The molecule has 0 atom stereocenters. The van der Waals surface area contributed by atoms with E-state index < -0.39 is 0 Å². The lowest BCUT2D eigenvalue weighted by molar-refractivity contribution is 0.0990. The Morgan fingerprint density at radius 2 is 1.89 bits per heavy atom. The molecule has 1 N–H and O–H groups in total. The number of amidine groups is 1. The normalized spacial score (nSPS) is 14.9. The van der Waals surface area contributed by atoms with E-state index in [4.69, 9.17) is 9.97 Å². The first kappa shape index (κ1) is 23.6. The van der Waals surface area contributed by atoms with Gasteiger partial charge in [0.25, 0.3) is 0 Å². The van der Waals surface area contributed by atoms with Crippen molar-refractivity contribution in [3.05, 3.63) is 77.4 Å². The molecule has 0 spiro atoms. The fourth-order valence-corrected chi connectivity index (χ4v) is 5.29. The van der Waals surface area contributed by atoms with E-state index in [-0.39, 0.29) is 5.78 Å². The smallest absolute Gasteiger partial charge is 0.196 e. The molecule has 0 amide bonds. The molecule has 2 aliphatic heterocycles. The van der Waals surface area contributed by atoms with Crippen molar-refractivity contribution in [2.45, 2.75) is 34.7 Å². The summed E-state index contributed by atoms with van der Waals surface area (Å²) in [5.41, 5.74) is 3.01. The van der Waals surface area contributed by atoms with Gasteiger partial charge in [-0.1, -0.05) is 30.3 Å². The van der Waals surface area contributed by atoms with E-state index in [1.165, 1.54) is 23.8 Å². The van der Waals surface area contributed by atoms with Crippen LogP contribution in [0.25, 0.3) is 0 Å². The second-order valence-corrected chi connectivity index (χ2v) is 10.5. The summed E-state index contributed by atoms with van der Waals surface area (Å²) in [6, 6.07) is 17.9. The van der Waals surface area contributed by atoms with Crippen LogP contribution in [0.2, 0.25) is 0 Å². The van der Waals surface area contributed by atoms with Crippen LogP contribution in [0.1, 0.15) is 29.3 Å². The number of rotatable bonds is 8. The topological polar surface area (TPSA) is 70.5 Å². The van der Waals surface area contributed by atoms with Crippen molar-refractivity contribution < 1.29 is 4.79 Å². The van der Waals surface area contributed by atoms with Crippen LogP contribution in [-0.4, -0.2) is 47.5 Å². The molecule has 0 unspecified atom stereocenters. The van der Waals surface area contributed by atoms with Gasteiger partial charge in [0.15, 0.2) is 10.9 Å². The molecule has 1 saturated heterocycles. The van der Waals surface area contributed by atoms with E-state index in [1.807, 2.05) is 60.9 Å². The van der Waals surface area contributed by atoms with Crippen LogP contribution in [-0.2, 0) is 6.42 Å². The number of thioether (sulfide) groups is 1. The molecule has 0 radical (unpaired) electrons. The maximum atomic E-state index is 12.8. The summed E-state index contributed by atoms with van der Waals surface area (Å²) < 4.78 is 0. The molecule has 0 saturated carbocycles. The standard InChI is InChI=1S/C27H27N5OS2/c1-18-14-24(28-17-18)29-25-16-26(32-12-5-13-32)31-27(30-25)35-20-10-8-19(9-11-20)15-22(33)21-6-3-4-7-23(21)34-2/h3-4,6-11,14,16H,5,12-13,15,17H2,1-2H3,(H,28,29,30,31). The largest absolute Gasteiger partial charge is 0.356 e. The lowest BCUT2D eigenvalue weighted by Gasteiger charge is -2.32. The molecule has 35 heavy (non-hydrogen) atoms. The number of carbonyl (C=O) groups is 1. The molecule has 6 nitrogen and oxygen atoms in total. The lowest BCUT2D eigenvalue weighted by atomic mass is 10.0. The van der Waals surface area contributed by atoms with E-state index >= 15 is 0 Å². The third-order valence-corrected chi connectivity index (χ3v) is 7.58. The van der Waals surface area contributed by atoms with E-state index in [2.05, 4.69) is 28.2 Å². The van der Waals surface area contributed by atoms with Gasteiger partial charge < -0.3 is 10.2 Å². The van der Waals surface area contributed by atoms with Crippen molar-refractivity contribution in [1.29, 1.82) is 0 Å². The van der Waals surface area contributed by atoms with Gasteiger partial charge in [0.1, 0.15) is 17.5 Å². The number of hydrogen-bond donors (Lipinski definition) is 1. The molecule has 178 valence electrons. The summed E-state index contributed by atoms with van der Waals surface area (Å²) in [6.45, 7) is 4.83. The first-order valence-electron chi connectivity index (χ1n) is 11.6. The van der Waals surface area contributed by atoms with Gasteiger partial charge in [-0.25, -0.2) is 9.97 Å². The number of nitrogens with zero attached hydrogens (tertiary/aromatic N) is 4. The van der Waals surface area contributed by atoms with Crippen molar-refractivity contribution in [3.8, 4) is 0 Å². The van der Waals surface area contributed by atoms with Gasteiger partial charge in [0.2, 0.25) is 0 Å². The molecule has 0 bridgehead atoms. The van der Waals surface area contributed by atoms with E-state index in [0.717, 1.165) is 58.0 Å². The lowest BCUT2D eigenvalue weighted by Crippen LogP contribution is -2.37. The van der Waals surface area contributed by atoms with Crippen LogP contribution >= 0.6 is 23.5 Å². The monoisotopic (exact) mass is 501 g/mol. The van der Waals surface area contributed by atoms with Gasteiger partial charge >= 0.3 is 0 Å². The Morgan fingerprint density at radius 3 is 2.57 bits per heavy atom. The van der Waals surface area contributed by atoms with Crippen LogP contribution in [0.4, 0.5) is 11.6 Å². The predicted molar refractivity (Wildman–Crippen MR) is 145 cm³/mol. The van der Waals surface area contributed by atoms with Crippen LogP contribution in [0.15, 0.2) is 86.2 Å². The summed E-state index contributed by atoms with van der Waals surface area (Å²) in [4.78, 5) is 31.2. The summed E-state index contributed by atoms with van der Waals surface area (Å²) in [5, 5.41) is 4.03. The van der Waals surface area contributed by atoms with E-state index in [9.17, 15) is 4.79 Å². The number of benzene rings is 2. The average molecular weight is 502 g/mol. The fourth-order valence-electron chi connectivity index (χ4n) is 3.91. The van der Waals surface area contributed by atoms with Crippen LogP contribution in [0.3, 0.4) is 0 Å². The number of aromatic nitrogens is 2. The Balaban J connectivity index is 1.30. The molecule has 1 aromatic heterocycles. The molecule has 5 rings (SSSR count). The molecular formula is C27H27N5OS2. The summed E-state index contributed by atoms with van der Waals surface area (Å²) in [7, 11) is 0. The summed E-state index contributed by atoms with van der Waals surface area (Å²) in [6.07, 6.45) is 5.62. The van der Waals surface area contributed by atoms with E-state index in [0.29, 0.717) is 11.6 Å². The average Bonchev–Trinajstić information content (AvgIpc) is 3.23. The summed E-state index contributed by atoms with van der Waals surface area (Å²) >= 11 is 3.12. The van der Waals surface area contributed by atoms with Gasteiger partial charge in [-0.2, -0.15) is 0 Å². The molecule has 2 aliphatic rings. The van der Waals surface area contributed by atoms with Crippen molar-refractivity contribution in [2.75, 3.05) is 36.1 Å². The first-order valence-corrected chi connectivity index (χ1v) is 13.7. The predicted octanol–water partition coefficient (Wildman–Crippen LogP) is 5.76. The molecule has 3 heterocycles. The highest BCUT2D eigenvalue weighted by molar-refractivity contribution is 7.99. The van der Waals surface area contributed by atoms with Crippen LogP contribution < -0.4 is 10.2 Å². The third-order valence-electron chi connectivity index (χ3n) is 5.91. The van der Waals surface area contributed by atoms with Gasteiger partial charge in [-0.15, -0.1) is 11.8 Å². The molecule has 3 aromatic rings. The Hall–Kier alpha value is -3.10. The van der Waals surface area contributed by atoms with Gasteiger partial charge in [0.05, 0.1) is 6.54 Å². The maximum absolute atomic E-state index is 12.8. The molecular weight excluding hydrogens is 474 g/mol. The minimum atomic E-state index is 0.135. The second kappa shape index (κ2) is 10.7. The zero-order valence-electron chi connectivity index (χ0n) is 19.8. The quantitative estimate of drug-likeness (QED) is 0.239. The minimum Gasteiger partial charge on any atom is -0.356 e. The number of nitrogens with one attached hydrogen (secondary N) is 1. The summed E-state index contributed by atoms with van der Waals surface area (Å²) in [5.74, 6) is 2.66. The number of ketones is 1. The number of anilines is 2. The zero-order valence-corrected chi connectivity index (χ0v) is 21.5. The first-order chi connectivity index (χ1) is 17.1. The van der Waals surface area contributed by atoms with Crippen LogP contribution in [0.5, 0.6) is 0 Å². The van der Waals surface area contributed by atoms with Crippen LogP contribution in [0, 0.1) is 0 Å². The Morgan fingerprint density at radius 1 is 1.09 bits per heavy atom. The maximum Gasteiger partial charge on any atom is 0.196 e. The Kier molecular flexibility index (Phi) is 7.20. The SMILES string of the molecule is CSc1ccccc1C(=O)Cc1ccc(Sc2nc(NC3=NCC(C)=C3)cc(N3CCC3)n2)cc1. The third kappa shape index (κ3) is 5.77. The van der Waals surface area contributed by atoms with Crippen molar-refractivity contribution in [3.63, 3.8) is 0 Å². The number of carbonyl (C=O) groups excluding carboxylic acids is 1. The highest BCUT2D eigenvalue weighted by Crippen LogP contribution is 2.30. The van der Waals surface area contributed by atoms with Gasteiger partial charge in [-0.3, -0.25) is 9.79 Å². The van der Waals surface area contributed by atoms with Gasteiger partial charge in [0, 0.05) is 40.9 Å². The second-order valence-electron chi connectivity index (χ2n) is 8.60. The molecule has 8 heteroatoms. The highest BCUT2D eigenvalue weighted by Gasteiger charge is 2.19. The Bertz CT molecular complexity index is 1300. The fraction of sp³-hybridized carbons (Fsp3) is 0.259. The molecule has 1 fully saturated rings. The van der Waals surface area contributed by atoms with Crippen molar-refractivity contribution in [1.82, 2.24) is 9.97 Å².